The summed E-state index contributed by atoms with van der Waals surface area (Å²) in [6.07, 6.45) is 2.30. The maximum absolute atomic E-state index is 12.8. The number of Topliss-reactive ketones (excluding diaryl/α,β-unsaturated/α-hetero) is 1. The smallest absolute Gasteiger partial charge is 0.259 e. The number of hydrogen-bond donors (Lipinski definition) is 1. The zero-order chi connectivity index (χ0) is 17.9. The molecule has 1 aliphatic rings. The Hall–Kier alpha value is -3.46. The molecule has 126 valence electrons. The molecule has 0 fully saturated rings. The summed E-state index contributed by atoms with van der Waals surface area (Å²) in [6, 6.07) is 24.9. The molecular weight excluding hydrogens is 322 g/mol. The number of fused-ring (bicyclic) bond motifs is 1. The first kappa shape index (κ1) is 16.0. The maximum Gasteiger partial charge on any atom is 0.259 e. The molecule has 3 nitrogen and oxygen atoms in total. The van der Waals surface area contributed by atoms with Crippen LogP contribution < -0.4 is 5.32 Å². The van der Waals surface area contributed by atoms with E-state index in [0.29, 0.717) is 17.7 Å². The highest BCUT2D eigenvalue weighted by Crippen LogP contribution is 2.29. The summed E-state index contributed by atoms with van der Waals surface area (Å²) < 4.78 is 0. The van der Waals surface area contributed by atoms with Crippen LogP contribution in [-0.4, -0.2) is 11.7 Å². The second-order valence-corrected chi connectivity index (χ2v) is 6.17. The molecule has 4 rings (SSSR count). The Labute approximate surface area is 152 Å². The molecule has 0 atom stereocenters. The third-order valence-corrected chi connectivity index (χ3v) is 4.54. The normalized spacial score (nSPS) is 12.9. The molecule has 0 radical (unpaired) electrons. The van der Waals surface area contributed by atoms with Crippen molar-refractivity contribution in [3.8, 4) is 11.1 Å². The summed E-state index contributed by atoms with van der Waals surface area (Å²) in [7, 11) is 0. The van der Waals surface area contributed by atoms with Gasteiger partial charge in [0, 0.05) is 16.8 Å². The minimum absolute atomic E-state index is 0.201. The number of allylic oxidation sites excluding steroid dienone is 1. The van der Waals surface area contributed by atoms with E-state index in [9.17, 15) is 9.59 Å². The minimum Gasteiger partial charge on any atom is -0.321 e. The molecule has 0 aliphatic heterocycles. The molecule has 1 N–H and O–H groups in total. The molecule has 1 amide bonds. The molecule has 1 aliphatic carbocycles. The maximum atomic E-state index is 12.8. The number of rotatable bonds is 3. The van der Waals surface area contributed by atoms with E-state index in [2.05, 4.69) is 5.32 Å². The summed E-state index contributed by atoms with van der Waals surface area (Å²) in [5.41, 5.74) is 4.39. The van der Waals surface area contributed by atoms with Crippen LogP contribution in [0, 0.1) is 0 Å². The van der Waals surface area contributed by atoms with E-state index >= 15 is 0 Å². The summed E-state index contributed by atoms with van der Waals surface area (Å²) in [5.74, 6) is -0.588. The lowest BCUT2D eigenvalue weighted by Crippen LogP contribution is -2.24. The van der Waals surface area contributed by atoms with E-state index in [0.717, 1.165) is 16.7 Å². The Bertz CT molecular complexity index is 1020. The van der Waals surface area contributed by atoms with Gasteiger partial charge >= 0.3 is 0 Å². The second kappa shape index (κ2) is 6.81. The molecule has 0 spiro atoms. The Morgan fingerprint density at radius 2 is 1.42 bits per heavy atom. The Balaban J connectivity index is 1.63. The van der Waals surface area contributed by atoms with E-state index in [1.165, 1.54) is 0 Å². The lowest BCUT2D eigenvalue weighted by atomic mass is 9.90. The number of carbonyl (C=O) groups is 2. The van der Waals surface area contributed by atoms with Gasteiger partial charge in [0.2, 0.25) is 0 Å². The molecule has 26 heavy (non-hydrogen) atoms. The van der Waals surface area contributed by atoms with E-state index in [4.69, 9.17) is 0 Å². The van der Waals surface area contributed by atoms with Gasteiger partial charge in [-0.2, -0.15) is 0 Å². The van der Waals surface area contributed by atoms with E-state index in [1.54, 1.807) is 12.1 Å². The number of para-hydroxylation sites is 1. The van der Waals surface area contributed by atoms with Crippen molar-refractivity contribution in [2.45, 2.75) is 6.42 Å². The van der Waals surface area contributed by atoms with Gasteiger partial charge in [-0.1, -0.05) is 78.9 Å². The third-order valence-electron chi connectivity index (χ3n) is 4.54. The summed E-state index contributed by atoms with van der Waals surface area (Å²) in [5, 5.41) is 2.91. The SMILES string of the molecule is O=C(Nc1ccccc1-c1ccccc1)C1=CCc2ccccc2C1=O. The van der Waals surface area contributed by atoms with Crippen LogP contribution in [0.2, 0.25) is 0 Å². The molecule has 0 heterocycles. The third kappa shape index (κ3) is 2.95. The first-order valence-corrected chi connectivity index (χ1v) is 8.52. The predicted molar refractivity (Wildman–Crippen MR) is 103 cm³/mol. The lowest BCUT2D eigenvalue weighted by Gasteiger charge is -2.17. The number of nitrogens with one attached hydrogen (secondary N) is 1. The number of amides is 1. The fourth-order valence-electron chi connectivity index (χ4n) is 3.22. The second-order valence-electron chi connectivity index (χ2n) is 6.17. The molecular formula is C23H17NO2. The highest BCUT2D eigenvalue weighted by Gasteiger charge is 2.25. The predicted octanol–water partition coefficient (Wildman–Crippen LogP) is 4.66. The number of benzene rings is 3. The first-order chi connectivity index (χ1) is 12.7. The van der Waals surface area contributed by atoms with Crippen LogP contribution >= 0.6 is 0 Å². The molecule has 0 saturated heterocycles. The highest BCUT2D eigenvalue weighted by molar-refractivity contribution is 6.30. The highest BCUT2D eigenvalue weighted by atomic mass is 16.2. The first-order valence-electron chi connectivity index (χ1n) is 8.52. The quantitative estimate of drug-likeness (QED) is 0.706. The molecule has 3 aromatic carbocycles. The van der Waals surface area contributed by atoms with Crippen LogP contribution in [0.4, 0.5) is 5.69 Å². The van der Waals surface area contributed by atoms with Crippen molar-refractivity contribution in [2.24, 2.45) is 0 Å². The average Bonchev–Trinajstić information content (AvgIpc) is 2.69. The standard InChI is InChI=1S/C23H17NO2/c25-22-19-12-5-4-10-17(19)14-15-20(22)23(26)24-21-13-7-6-11-18(21)16-8-2-1-3-9-16/h1-13,15H,14H2,(H,24,26). The van der Waals surface area contributed by atoms with Crippen LogP contribution in [0.25, 0.3) is 11.1 Å². The minimum atomic E-state index is -0.368. The molecule has 0 bridgehead atoms. The fraction of sp³-hybridized carbons (Fsp3) is 0.0435. The van der Waals surface area contributed by atoms with E-state index in [-0.39, 0.29) is 17.3 Å². The van der Waals surface area contributed by atoms with Gasteiger partial charge in [-0.3, -0.25) is 9.59 Å². The lowest BCUT2D eigenvalue weighted by molar-refractivity contribution is -0.112. The zero-order valence-corrected chi connectivity index (χ0v) is 14.1. The van der Waals surface area contributed by atoms with Gasteiger partial charge in [-0.05, 0) is 23.6 Å². The molecule has 3 aromatic rings. The van der Waals surface area contributed by atoms with Crippen LogP contribution in [0.3, 0.4) is 0 Å². The van der Waals surface area contributed by atoms with Crippen molar-refractivity contribution < 1.29 is 9.59 Å². The van der Waals surface area contributed by atoms with E-state index in [1.807, 2.05) is 72.8 Å². The van der Waals surface area contributed by atoms with Gasteiger partial charge in [0.05, 0.1) is 5.57 Å². The van der Waals surface area contributed by atoms with Gasteiger partial charge in [0.25, 0.3) is 5.91 Å². The number of ketones is 1. The largest absolute Gasteiger partial charge is 0.321 e. The number of anilines is 1. The summed E-state index contributed by atoms with van der Waals surface area (Å²) in [6.45, 7) is 0. The zero-order valence-electron chi connectivity index (χ0n) is 14.1. The van der Waals surface area contributed by atoms with Gasteiger partial charge in [-0.25, -0.2) is 0 Å². The topological polar surface area (TPSA) is 46.2 Å². The molecule has 0 aromatic heterocycles. The number of carbonyl (C=O) groups excluding carboxylic acids is 2. The van der Waals surface area contributed by atoms with Crippen LogP contribution in [0.15, 0.2) is 90.5 Å². The number of hydrogen-bond acceptors (Lipinski definition) is 2. The van der Waals surface area contributed by atoms with E-state index < -0.39 is 0 Å². The van der Waals surface area contributed by atoms with Crippen LogP contribution in [0.1, 0.15) is 15.9 Å². The molecule has 0 saturated carbocycles. The van der Waals surface area contributed by atoms with Crippen molar-refractivity contribution in [2.75, 3.05) is 5.32 Å². The van der Waals surface area contributed by atoms with Gasteiger partial charge in [-0.15, -0.1) is 0 Å². The summed E-state index contributed by atoms with van der Waals surface area (Å²) >= 11 is 0. The van der Waals surface area contributed by atoms with Gasteiger partial charge in [0.1, 0.15) is 0 Å². The van der Waals surface area contributed by atoms with Gasteiger partial charge in [0.15, 0.2) is 5.78 Å². The van der Waals surface area contributed by atoms with Crippen molar-refractivity contribution in [1.29, 1.82) is 0 Å². The van der Waals surface area contributed by atoms with Crippen LogP contribution in [0.5, 0.6) is 0 Å². The van der Waals surface area contributed by atoms with Crippen LogP contribution in [-0.2, 0) is 11.2 Å². The van der Waals surface area contributed by atoms with Crippen molar-refractivity contribution in [3.63, 3.8) is 0 Å². The fourth-order valence-corrected chi connectivity index (χ4v) is 3.22. The monoisotopic (exact) mass is 339 g/mol. The molecule has 0 unspecified atom stereocenters. The summed E-state index contributed by atoms with van der Waals surface area (Å²) in [4.78, 5) is 25.4. The average molecular weight is 339 g/mol. The Kier molecular flexibility index (Phi) is 4.20. The van der Waals surface area contributed by atoms with Crippen molar-refractivity contribution >= 4 is 17.4 Å². The molecule has 3 heteroatoms. The van der Waals surface area contributed by atoms with Crippen molar-refractivity contribution in [1.82, 2.24) is 0 Å². The Morgan fingerprint density at radius 1 is 0.769 bits per heavy atom. The van der Waals surface area contributed by atoms with Crippen molar-refractivity contribution in [3.05, 3.63) is 102 Å². The van der Waals surface area contributed by atoms with Gasteiger partial charge < -0.3 is 5.32 Å². The Morgan fingerprint density at radius 3 is 2.23 bits per heavy atom.